The lowest BCUT2D eigenvalue weighted by Crippen LogP contribution is -2.13. The Morgan fingerprint density at radius 3 is 2.37 bits per heavy atom. The van der Waals surface area contributed by atoms with Crippen LogP contribution in [0.3, 0.4) is 0 Å². The molecule has 3 aromatic carbocycles. The topological polar surface area (TPSA) is 79.2 Å². The molecule has 3 aromatic rings. The van der Waals surface area contributed by atoms with Crippen molar-refractivity contribution in [2.24, 2.45) is 0 Å². The first-order valence-corrected chi connectivity index (χ1v) is 9.40. The molecule has 0 aliphatic heterocycles. The van der Waals surface area contributed by atoms with Gasteiger partial charge in [0.15, 0.2) is 0 Å². The first-order valence-electron chi connectivity index (χ1n) is 9.02. The third kappa shape index (κ3) is 5.57. The molecule has 0 atom stereocenters. The second kappa shape index (κ2) is 9.55. The van der Waals surface area contributed by atoms with Crippen LogP contribution in [0.1, 0.15) is 21.5 Å². The van der Waals surface area contributed by atoms with Gasteiger partial charge in [0, 0.05) is 10.7 Å². The first-order chi connectivity index (χ1) is 14.4. The van der Waals surface area contributed by atoms with E-state index < -0.39 is 11.9 Å². The fraction of sp³-hybridized carbons (Fsp3) is 0.0417. The Labute approximate surface area is 179 Å². The number of halogens is 1. The molecule has 5 nitrogen and oxygen atoms in total. The Hall–Kier alpha value is -3.88. The van der Waals surface area contributed by atoms with Crippen molar-refractivity contribution in [3.63, 3.8) is 0 Å². The van der Waals surface area contributed by atoms with E-state index in [4.69, 9.17) is 16.3 Å². The number of anilines is 1. The van der Waals surface area contributed by atoms with Gasteiger partial charge in [-0.15, -0.1) is 0 Å². The number of aryl methyl sites for hydroxylation is 1. The van der Waals surface area contributed by atoms with Crippen LogP contribution < -0.4 is 10.1 Å². The third-order valence-corrected chi connectivity index (χ3v) is 4.37. The minimum absolute atomic E-state index is 0.0424. The highest BCUT2D eigenvalue weighted by Gasteiger charge is 2.11. The summed E-state index contributed by atoms with van der Waals surface area (Å²) in [4.78, 5) is 24.5. The number of esters is 1. The SMILES string of the molecule is Cc1ccc(NC(=O)/C(C#N)=C\c2ccc(OC(=O)c3cccc(Cl)c3)cc2)cc1. The van der Waals surface area contributed by atoms with Crippen molar-refractivity contribution >= 4 is 35.2 Å². The minimum atomic E-state index is -0.531. The van der Waals surface area contributed by atoms with Gasteiger partial charge < -0.3 is 10.1 Å². The molecule has 0 aromatic heterocycles. The van der Waals surface area contributed by atoms with Crippen molar-refractivity contribution in [1.29, 1.82) is 5.26 Å². The molecule has 0 bridgehead atoms. The molecule has 0 saturated heterocycles. The average molecular weight is 417 g/mol. The maximum atomic E-state index is 12.3. The van der Waals surface area contributed by atoms with Crippen molar-refractivity contribution in [3.8, 4) is 11.8 Å². The number of nitriles is 1. The Kier molecular flexibility index (Phi) is 6.63. The number of ether oxygens (including phenoxy) is 1. The van der Waals surface area contributed by atoms with Gasteiger partial charge in [0.1, 0.15) is 17.4 Å². The summed E-state index contributed by atoms with van der Waals surface area (Å²) in [7, 11) is 0. The lowest BCUT2D eigenvalue weighted by Gasteiger charge is -2.06. The van der Waals surface area contributed by atoms with Gasteiger partial charge in [0.05, 0.1) is 5.56 Å². The maximum Gasteiger partial charge on any atom is 0.343 e. The lowest BCUT2D eigenvalue weighted by atomic mass is 10.1. The van der Waals surface area contributed by atoms with Crippen LogP contribution in [0.15, 0.2) is 78.4 Å². The average Bonchev–Trinajstić information content (AvgIpc) is 2.74. The zero-order valence-corrected chi connectivity index (χ0v) is 16.8. The molecule has 0 radical (unpaired) electrons. The summed E-state index contributed by atoms with van der Waals surface area (Å²) in [6.07, 6.45) is 1.46. The van der Waals surface area contributed by atoms with Crippen LogP contribution in [0, 0.1) is 18.3 Å². The standard InChI is InChI=1S/C24H17ClN2O3/c1-16-5-9-21(10-6-16)27-23(28)19(15-26)13-17-7-11-22(12-8-17)30-24(29)18-3-2-4-20(25)14-18/h2-14H,1H3,(H,27,28)/b19-13-. The van der Waals surface area contributed by atoms with E-state index in [2.05, 4.69) is 5.32 Å². The number of rotatable bonds is 5. The van der Waals surface area contributed by atoms with Crippen molar-refractivity contribution in [1.82, 2.24) is 0 Å². The Bertz CT molecular complexity index is 1140. The summed E-state index contributed by atoms with van der Waals surface area (Å²) in [5.74, 6) is -0.700. The minimum Gasteiger partial charge on any atom is -0.423 e. The smallest absolute Gasteiger partial charge is 0.343 e. The molecule has 30 heavy (non-hydrogen) atoms. The molecule has 0 fully saturated rings. The predicted octanol–water partition coefficient (Wildman–Crippen LogP) is 5.41. The lowest BCUT2D eigenvalue weighted by molar-refractivity contribution is -0.112. The molecule has 0 saturated carbocycles. The van der Waals surface area contributed by atoms with Gasteiger partial charge >= 0.3 is 5.97 Å². The van der Waals surface area contributed by atoms with Gasteiger partial charge in [0.25, 0.3) is 5.91 Å². The Morgan fingerprint density at radius 2 is 1.73 bits per heavy atom. The van der Waals surface area contributed by atoms with E-state index in [9.17, 15) is 14.9 Å². The summed E-state index contributed by atoms with van der Waals surface area (Å²) < 4.78 is 5.32. The normalized spacial score (nSPS) is 10.8. The summed E-state index contributed by atoms with van der Waals surface area (Å²) in [5.41, 5.74) is 2.59. The van der Waals surface area contributed by atoms with E-state index in [0.29, 0.717) is 27.6 Å². The fourth-order valence-electron chi connectivity index (χ4n) is 2.56. The quantitative estimate of drug-likeness (QED) is 0.261. The van der Waals surface area contributed by atoms with Crippen molar-refractivity contribution < 1.29 is 14.3 Å². The zero-order chi connectivity index (χ0) is 21.5. The van der Waals surface area contributed by atoms with Gasteiger partial charge in [-0.05, 0) is 61.0 Å². The Balaban J connectivity index is 1.68. The van der Waals surface area contributed by atoms with Gasteiger partial charge in [-0.1, -0.05) is 47.5 Å². The highest BCUT2D eigenvalue weighted by molar-refractivity contribution is 6.30. The molecule has 0 aliphatic rings. The summed E-state index contributed by atoms with van der Waals surface area (Å²) in [6.45, 7) is 1.95. The molecular formula is C24H17ClN2O3. The van der Waals surface area contributed by atoms with E-state index in [0.717, 1.165) is 5.56 Å². The number of hydrogen-bond donors (Lipinski definition) is 1. The molecule has 1 amide bonds. The van der Waals surface area contributed by atoms with Crippen LogP contribution in [0.2, 0.25) is 5.02 Å². The molecule has 0 unspecified atom stereocenters. The first kappa shape index (κ1) is 20.8. The van der Waals surface area contributed by atoms with Crippen LogP contribution in [0.4, 0.5) is 5.69 Å². The van der Waals surface area contributed by atoms with Gasteiger partial charge in [-0.3, -0.25) is 4.79 Å². The second-order valence-electron chi connectivity index (χ2n) is 6.46. The van der Waals surface area contributed by atoms with Crippen LogP contribution in [-0.4, -0.2) is 11.9 Å². The van der Waals surface area contributed by atoms with E-state index in [-0.39, 0.29) is 5.57 Å². The predicted molar refractivity (Wildman–Crippen MR) is 116 cm³/mol. The Morgan fingerprint density at radius 1 is 1.03 bits per heavy atom. The van der Waals surface area contributed by atoms with E-state index in [1.165, 1.54) is 12.1 Å². The largest absolute Gasteiger partial charge is 0.423 e. The molecule has 0 spiro atoms. The van der Waals surface area contributed by atoms with Crippen molar-refractivity contribution in [2.45, 2.75) is 6.92 Å². The molecule has 148 valence electrons. The maximum absolute atomic E-state index is 12.3. The fourth-order valence-corrected chi connectivity index (χ4v) is 2.75. The highest BCUT2D eigenvalue weighted by atomic mass is 35.5. The van der Waals surface area contributed by atoms with Gasteiger partial charge in [-0.2, -0.15) is 5.26 Å². The van der Waals surface area contributed by atoms with Crippen molar-refractivity contribution in [3.05, 3.63) is 100 Å². The number of carbonyl (C=O) groups is 2. The zero-order valence-electron chi connectivity index (χ0n) is 16.1. The second-order valence-corrected chi connectivity index (χ2v) is 6.90. The number of hydrogen-bond acceptors (Lipinski definition) is 4. The van der Waals surface area contributed by atoms with Crippen LogP contribution in [0.25, 0.3) is 6.08 Å². The number of amides is 1. The third-order valence-electron chi connectivity index (χ3n) is 4.14. The van der Waals surface area contributed by atoms with E-state index >= 15 is 0 Å². The molecule has 6 heteroatoms. The number of nitrogens with zero attached hydrogens (tertiary/aromatic N) is 1. The van der Waals surface area contributed by atoms with E-state index in [1.807, 2.05) is 25.1 Å². The molecule has 0 aliphatic carbocycles. The van der Waals surface area contributed by atoms with E-state index in [1.54, 1.807) is 54.6 Å². The molecule has 0 heterocycles. The summed E-state index contributed by atoms with van der Waals surface area (Å²) in [5, 5.41) is 12.5. The highest BCUT2D eigenvalue weighted by Crippen LogP contribution is 2.18. The monoisotopic (exact) mass is 416 g/mol. The van der Waals surface area contributed by atoms with Gasteiger partial charge in [-0.25, -0.2) is 4.79 Å². The number of carbonyl (C=O) groups excluding carboxylic acids is 2. The molecular weight excluding hydrogens is 400 g/mol. The summed E-state index contributed by atoms with van der Waals surface area (Å²) in [6, 6.07) is 22.1. The molecule has 1 N–H and O–H groups in total. The molecule has 3 rings (SSSR count). The van der Waals surface area contributed by atoms with Crippen molar-refractivity contribution in [2.75, 3.05) is 5.32 Å². The van der Waals surface area contributed by atoms with Crippen LogP contribution >= 0.6 is 11.6 Å². The van der Waals surface area contributed by atoms with Crippen LogP contribution in [-0.2, 0) is 4.79 Å². The number of benzene rings is 3. The number of nitrogens with one attached hydrogen (secondary N) is 1. The van der Waals surface area contributed by atoms with Crippen LogP contribution in [0.5, 0.6) is 5.75 Å². The summed E-state index contributed by atoms with van der Waals surface area (Å²) >= 11 is 5.89. The van der Waals surface area contributed by atoms with Gasteiger partial charge in [0.2, 0.25) is 0 Å².